The second-order valence-corrected chi connectivity index (χ2v) is 5.73. The number of nitrogens with zero attached hydrogens (tertiary/aromatic N) is 1. The fourth-order valence-electron chi connectivity index (χ4n) is 2.60. The van der Waals surface area contributed by atoms with Crippen LogP contribution in [0.1, 0.15) is 31.7 Å². The van der Waals surface area contributed by atoms with E-state index in [-0.39, 0.29) is 5.82 Å². The first-order chi connectivity index (χ1) is 8.67. The minimum absolute atomic E-state index is 0.172. The topological polar surface area (TPSA) is 29.3 Å². The lowest BCUT2D eigenvalue weighted by Crippen LogP contribution is -2.35. The fraction of sp³-hybridized carbons (Fsp3) is 0.571. The molecule has 100 valence electrons. The highest BCUT2D eigenvalue weighted by Crippen LogP contribution is 2.32. The quantitative estimate of drug-likeness (QED) is 0.922. The second kappa shape index (κ2) is 6.02. The molecule has 1 aromatic rings. The first kappa shape index (κ1) is 13.8. The van der Waals surface area contributed by atoms with E-state index in [0.29, 0.717) is 22.6 Å². The molecule has 4 heteroatoms. The predicted molar refractivity (Wildman–Crippen MR) is 77.2 cm³/mol. The summed E-state index contributed by atoms with van der Waals surface area (Å²) < 4.78 is 14.8. The van der Waals surface area contributed by atoms with Gasteiger partial charge in [0.1, 0.15) is 0 Å². The number of halogens is 2. The minimum atomic E-state index is -0.172. The van der Waals surface area contributed by atoms with Crippen molar-refractivity contribution < 1.29 is 4.39 Å². The van der Waals surface area contributed by atoms with Gasteiger partial charge in [0.05, 0.1) is 10.2 Å². The first-order valence-corrected chi connectivity index (χ1v) is 7.38. The number of benzene rings is 1. The molecule has 0 aromatic heterocycles. The smallest absolute Gasteiger partial charge is 0.160 e. The van der Waals surface area contributed by atoms with Gasteiger partial charge in [0.2, 0.25) is 0 Å². The largest absolute Gasteiger partial charge is 0.369 e. The van der Waals surface area contributed by atoms with E-state index in [9.17, 15) is 4.39 Å². The molecule has 2 rings (SSSR count). The Labute approximate surface area is 116 Å². The van der Waals surface area contributed by atoms with Gasteiger partial charge in [0.15, 0.2) is 5.82 Å². The first-order valence-electron chi connectivity index (χ1n) is 6.59. The molecule has 0 bridgehead atoms. The second-order valence-electron chi connectivity index (χ2n) is 4.94. The van der Waals surface area contributed by atoms with Crippen LogP contribution in [0.5, 0.6) is 0 Å². The van der Waals surface area contributed by atoms with E-state index in [1.807, 2.05) is 12.1 Å². The van der Waals surface area contributed by atoms with Crippen molar-refractivity contribution in [1.29, 1.82) is 0 Å². The van der Waals surface area contributed by atoms with E-state index in [1.165, 1.54) is 12.8 Å². The average Bonchev–Trinajstić information content (AvgIpc) is 2.42. The summed E-state index contributed by atoms with van der Waals surface area (Å²) >= 11 is 3.31. The highest BCUT2D eigenvalue weighted by atomic mass is 79.9. The van der Waals surface area contributed by atoms with Crippen molar-refractivity contribution in [2.24, 2.45) is 11.7 Å². The zero-order valence-electron chi connectivity index (χ0n) is 10.8. The van der Waals surface area contributed by atoms with Crippen LogP contribution in [0.2, 0.25) is 0 Å². The maximum Gasteiger partial charge on any atom is 0.160 e. The van der Waals surface area contributed by atoms with E-state index in [0.717, 1.165) is 25.1 Å². The van der Waals surface area contributed by atoms with Crippen LogP contribution >= 0.6 is 15.9 Å². The lowest BCUT2D eigenvalue weighted by Gasteiger charge is -2.34. The summed E-state index contributed by atoms with van der Waals surface area (Å²) in [6.07, 6.45) is 3.57. The molecule has 1 aliphatic heterocycles. The number of hydrogen-bond donors (Lipinski definition) is 1. The van der Waals surface area contributed by atoms with Crippen LogP contribution in [-0.4, -0.2) is 13.1 Å². The van der Waals surface area contributed by atoms with Crippen LogP contribution in [0.4, 0.5) is 10.1 Å². The molecule has 2 nitrogen and oxygen atoms in total. The number of rotatable bonds is 3. The minimum Gasteiger partial charge on any atom is -0.369 e. The fourth-order valence-corrected chi connectivity index (χ4v) is 3.10. The molecule has 1 aromatic carbocycles. The van der Waals surface area contributed by atoms with Gasteiger partial charge in [-0.3, -0.25) is 0 Å². The third kappa shape index (κ3) is 2.69. The molecule has 18 heavy (non-hydrogen) atoms. The van der Waals surface area contributed by atoms with Gasteiger partial charge in [0.25, 0.3) is 0 Å². The maximum absolute atomic E-state index is 14.3. The van der Waals surface area contributed by atoms with Crippen molar-refractivity contribution in [3.63, 3.8) is 0 Å². The number of anilines is 1. The van der Waals surface area contributed by atoms with Gasteiger partial charge in [-0.15, -0.1) is 0 Å². The summed E-state index contributed by atoms with van der Waals surface area (Å²) in [5.74, 6) is 0.515. The Bertz CT molecular complexity index is 423. The molecule has 0 amide bonds. The molecule has 2 N–H and O–H groups in total. The molecule has 0 radical (unpaired) electrons. The Morgan fingerprint density at radius 1 is 1.50 bits per heavy atom. The summed E-state index contributed by atoms with van der Waals surface area (Å²) in [4.78, 5) is 2.16. The highest BCUT2D eigenvalue weighted by Gasteiger charge is 2.22. The molecule has 1 aliphatic rings. The van der Waals surface area contributed by atoms with Crippen molar-refractivity contribution in [1.82, 2.24) is 0 Å². The van der Waals surface area contributed by atoms with Gasteiger partial charge in [-0.05, 0) is 46.3 Å². The molecule has 1 fully saturated rings. The van der Waals surface area contributed by atoms with Crippen molar-refractivity contribution >= 4 is 21.6 Å². The van der Waals surface area contributed by atoms with Gasteiger partial charge in [-0.25, -0.2) is 4.39 Å². The normalized spacial score (nSPS) is 20.2. The van der Waals surface area contributed by atoms with E-state index in [1.54, 1.807) is 0 Å². The molecule has 1 atom stereocenters. The number of hydrogen-bond acceptors (Lipinski definition) is 2. The molecule has 0 saturated carbocycles. The van der Waals surface area contributed by atoms with Crippen LogP contribution < -0.4 is 10.6 Å². The predicted octanol–water partition coefficient (Wildman–Crippen LogP) is 3.67. The number of nitrogens with two attached hydrogens (primary N) is 1. The third-order valence-electron chi connectivity index (χ3n) is 3.80. The Balaban J connectivity index is 2.25. The van der Waals surface area contributed by atoms with Crippen LogP contribution in [0.15, 0.2) is 16.6 Å². The lowest BCUT2D eigenvalue weighted by atomic mass is 9.95. The lowest BCUT2D eigenvalue weighted by molar-refractivity contribution is 0.401. The van der Waals surface area contributed by atoms with E-state index in [2.05, 4.69) is 27.8 Å². The summed E-state index contributed by atoms with van der Waals surface area (Å²) in [6, 6.07) is 3.78. The molecule has 1 saturated heterocycles. The van der Waals surface area contributed by atoms with Crippen molar-refractivity contribution in [2.45, 2.75) is 32.7 Å². The third-order valence-corrected chi connectivity index (χ3v) is 4.66. The van der Waals surface area contributed by atoms with Crippen molar-refractivity contribution in [3.8, 4) is 0 Å². The Morgan fingerprint density at radius 3 is 2.94 bits per heavy atom. The Morgan fingerprint density at radius 2 is 2.28 bits per heavy atom. The monoisotopic (exact) mass is 314 g/mol. The summed E-state index contributed by atoms with van der Waals surface area (Å²) in [7, 11) is 0. The van der Waals surface area contributed by atoms with Gasteiger partial charge in [-0.1, -0.05) is 19.4 Å². The molecule has 0 aliphatic carbocycles. The average molecular weight is 315 g/mol. The Kier molecular flexibility index (Phi) is 4.62. The van der Waals surface area contributed by atoms with Crippen LogP contribution in [0.25, 0.3) is 0 Å². The van der Waals surface area contributed by atoms with Gasteiger partial charge in [-0.2, -0.15) is 0 Å². The summed E-state index contributed by atoms with van der Waals surface area (Å²) in [5.41, 5.74) is 7.11. The standard InChI is InChI=1S/C14H20BrFN2/c1-2-10-4-3-7-18(9-10)12-6-5-11(8-17)13(15)14(12)16/h5-6,10H,2-4,7-9,17H2,1H3. The van der Waals surface area contributed by atoms with Crippen LogP contribution in [-0.2, 0) is 6.54 Å². The molecular weight excluding hydrogens is 295 g/mol. The van der Waals surface area contributed by atoms with Crippen molar-refractivity contribution in [3.05, 3.63) is 28.0 Å². The zero-order valence-corrected chi connectivity index (χ0v) is 12.3. The maximum atomic E-state index is 14.3. The molecule has 1 unspecified atom stereocenters. The molecule has 1 heterocycles. The SMILES string of the molecule is CCC1CCCN(c2ccc(CN)c(Br)c2F)C1. The highest BCUT2D eigenvalue weighted by molar-refractivity contribution is 9.10. The van der Waals surface area contributed by atoms with Gasteiger partial charge in [0, 0.05) is 19.6 Å². The molecular formula is C14H20BrFN2. The van der Waals surface area contributed by atoms with E-state index >= 15 is 0 Å². The molecule has 0 spiro atoms. The van der Waals surface area contributed by atoms with E-state index in [4.69, 9.17) is 5.73 Å². The van der Waals surface area contributed by atoms with E-state index < -0.39 is 0 Å². The van der Waals surface area contributed by atoms with Crippen LogP contribution in [0.3, 0.4) is 0 Å². The van der Waals surface area contributed by atoms with Gasteiger partial charge < -0.3 is 10.6 Å². The summed E-state index contributed by atoms with van der Waals surface area (Å²) in [6.45, 7) is 4.47. The Hall–Kier alpha value is -0.610. The van der Waals surface area contributed by atoms with Gasteiger partial charge >= 0.3 is 0 Å². The zero-order chi connectivity index (χ0) is 13.1. The van der Waals surface area contributed by atoms with Crippen molar-refractivity contribution in [2.75, 3.05) is 18.0 Å². The summed E-state index contributed by atoms with van der Waals surface area (Å²) in [5, 5.41) is 0. The van der Waals surface area contributed by atoms with Crippen LogP contribution in [0, 0.1) is 11.7 Å². The number of piperidine rings is 1.